The third-order valence-corrected chi connectivity index (χ3v) is 8.76. The van der Waals surface area contributed by atoms with Crippen molar-refractivity contribution in [2.75, 3.05) is 7.11 Å². The van der Waals surface area contributed by atoms with Gasteiger partial charge in [-0.15, -0.1) is 0 Å². The molecule has 4 nitrogen and oxygen atoms in total. The van der Waals surface area contributed by atoms with Crippen molar-refractivity contribution < 1.29 is 19.7 Å². The summed E-state index contributed by atoms with van der Waals surface area (Å²) in [5.74, 6) is 1.56. The normalized spacial score (nSPS) is 50.3. The molecule has 4 heteroatoms. The van der Waals surface area contributed by atoms with Crippen LogP contribution in [-0.2, 0) is 9.53 Å². The Morgan fingerprint density at radius 2 is 2.00 bits per heavy atom. The van der Waals surface area contributed by atoms with Gasteiger partial charge in [0.05, 0.1) is 13.2 Å². The fourth-order valence-electron chi connectivity index (χ4n) is 7.32. The SMILES string of the molecule is C=C(OC)[C@@]1(O)CC[C@H]2[C@@H]3CCC4=CC(=O)CC[C@]4(C)[C@H]3C(O)C[C@@]21C. The monoisotopic (exact) mass is 360 g/mol. The van der Waals surface area contributed by atoms with Crippen molar-refractivity contribution in [3.8, 4) is 0 Å². The minimum absolute atomic E-state index is 0.0868. The number of aliphatic hydroxyl groups excluding tert-OH is 1. The average molecular weight is 360 g/mol. The minimum Gasteiger partial charge on any atom is -0.499 e. The van der Waals surface area contributed by atoms with Gasteiger partial charge in [-0.25, -0.2) is 0 Å². The standard InChI is InChI=1S/C22H32O4/c1-13(26-4)22(25)10-8-17-16-6-5-14-11-15(23)7-9-20(14,2)19(16)18(24)12-21(17,22)3/h11,16-19,24-25H,1,5-10,12H2,2-4H3/t16-,17-,18?,19+,20-,21-,22-/m0/s1. The van der Waals surface area contributed by atoms with Crippen molar-refractivity contribution in [2.24, 2.45) is 28.6 Å². The first-order valence-corrected chi connectivity index (χ1v) is 10.0. The van der Waals surface area contributed by atoms with Crippen LogP contribution in [0, 0.1) is 28.6 Å². The van der Waals surface area contributed by atoms with Crippen molar-refractivity contribution >= 4 is 5.78 Å². The van der Waals surface area contributed by atoms with E-state index in [2.05, 4.69) is 20.4 Å². The van der Waals surface area contributed by atoms with E-state index in [1.54, 1.807) is 7.11 Å². The highest BCUT2D eigenvalue weighted by molar-refractivity contribution is 5.91. The summed E-state index contributed by atoms with van der Waals surface area (Å²) in [6, 6.07) is 0. The Labute approximate surface area is 156 Å². The number of carbonyl (C=O) groups is 1. The second-order valence-electron chi connectivity index (χ2n) is 9.60. The first-order chi connectivity index (χ1) is 12.2. The summed E-state index contributed by atoms with van der Waals surface area (Å²) >= 11 is 0. The molecule has 0 saturated heterocycles. The van der Waals surface area contributed by atoms with Crippen molar-refractivity contribution in [3.05, 3.63) is 24.0 Å². The third kappa shape index (κ3) is 2.12. The Morgan fingerprint density at radius 3 is 2.69 bits per heavy atom. The van der Waals surface area contributed by atoms with E-state index in [0.29, 0.717) is 36.9 Å². The van der Waals surface area contributed by atoms with Crippen LogP contribution in [0.25, 0.3) is 0 Å². The summed E-state index contributed by atoms with van der Waals surface area (Å²) in [5.41, 5.74) is -0.329. The van der Waals surface area contributed by atoms with E-state index in [-0.39, 0.29) is 17.1 Å². The summed E-state index contributed by atoms with van der Waals surface area (Å²) in [7, 11) is 1.57. The van der Waals surface area contributed by atoms with Crippen LogP contribution in [0.3, 0.4) is 0 Å². The highest BCUT2D eigenvalue weighted by Crippen LogP contribution is 2.68. The van der Waals surface area contributed by atoms with Crippen LogP contribution < -0.4 is 0 Å². The molecule has 3 saturated carbocycles. The number of ketones is 1. The van der Waals surface area contributed by atoms with Gasteiger partial charge in [0.1, 0.15) is 11.4 Å². The predicted octanol–water partition coefficient (Wildman–Crippen LogP) is 3.38. The summed E-state index contributed by atoms with van der Waals surface area (Å²) in [4.78, 5) is 11.9. The maximum atomic E-state index is 11.9. The number of allylic oxidation sites excluding steroid dienone is 1. The lowest BCUT2D eigenvalue weighted by Gasteiger charge is -2.60. The molecule has 7 atom stereocenters. The zero-order valence-corrected chi connectivity index (χ0v) is 16.3. The molecule has 4 rings (SSSR count). The second-order valence-corrected chi connectivity index (χ2v) is 9.60. The number of methoxy groups -OCH3 is 1. The largest absolute Gasteiger partial charge is 0.499 e. The van der Waals surface area contributed by atoms with Crippen LogP contribution in [-0.4, -0.2) is 34.8 Å². The first kappa shape index (κ1) is 18.2. The van der Waals surface area contributed by atoms with E-state index in [0.717, 1.165) is 25.7 Å². The number of fused-ring (bicyclic) bond motifs is 5. The maximum absolute atomic E-state index is 11.9. The predicted molar refractivity (Wildman–Crippen MR) is 99.2 cm³/mol. The molecule has 1 unspecified atom stereocenters. The topological polar surface area (TPSA) is 66.8 Å². The van der Waals surface area contributed by atoms with Gasteiger partial charge < -0.3 is 14.9 Å². The van der Waals surface area contributed by atoms with Gasteiger partial charge >= 0.3 is 0 Å². The van der Waals surface area contributed by atoms with Crippen molar-refractivity contribution in [1.29, 1.82) is 0 Å². The van der Waals surface area contributed by atoms with Crippen LogP contribution in [0.2, 0.25) is 0 Å². The molecule has 0 bridgehead atoms. The van der Waals surface area contributed by atoms with Crippen LogP contribution in [0.15, 0.2) is 24.0 Å². The third-order valence-electron chi connectivity index (χ3n) is 8.76. The molecule has 2 N–H and O–H groups in total. The smallest absolute Gasteiger partial charge is 0.155 e. The van der Waals surface area contributed by atoms with Gasteiger partial charge in [0.2, 0.25) is 0 Å². The fourth-order valence-corrected chi connectivity index (χ4v) is 7.32. The number of hydrogen-bond acceptors (Lipinski definition) is 4. The highest BCUT2D eigenvalue weighted by Gasteiger charge is 2.67. The minimum atomic E-state index is -1.07. The van der Waals surface area contributed by atoms with Crippen molar-refractivity contribution in [2.45, 2.75) is 70.5 Å². The molecule has 0 aromatic heterocycles. The Morgan fingerprint density at radius 1 is 1.27 bits per heavy atom. The van der Waals surface area contributed by atoms with Crippen molar-refractivity contribution in [1.82, 2.24) is 0 Å². The van der Waals surface area contributed by atoms with E-state index in [1.807, 2.05) is 6.08 Å². The molecule has 0 heterocycles. The van der Waals surface area contributed by atoms with Gasteiger partial charge in [0.15, 0.2) is 5.78 Å². The second kappa shape index (κ2) is 5.68. The van der Waals surface area contributed by atoms with Crippen LogP contribution in [0.5, 0.6) is 0 Å². The molecular formula is C22H32O4. The molecule has 26 heavy (non-hydrogen) atoms. The molecule has 0 aromatic carbocycles. The highest BCUT2D eigenvalue weighted by atomic mass is 16.5. The number of carbonyl (C=O) groups excluding carboxylic acids is 1. The molecule has 4 aliphatic carbocycles. The quantitative estimate of drug-likeness (QED) is 0.741. The number of ether oxygens (including phenoxy) is 1. The van der Waals surface area contributed by atoms with Crippen molar-refractivity contribution in [3.63, 3.8) is 0 Å². The Bertz CT molecular complexity index is 682. The van der Waals surface area contributed by atoms with Gasteiger partial charge in [-0.1, -0.05) is 26.0 Å². The number of hydrogen-bond donors (Lipinski definition) is 2. The summed E-state index contributed by atoms with van der Waals surface area (Å²) in [6.07, 6.45) is 6.89. The summed E-state index contributed by atoms with van der Waals surface area (Å²) in [5, 5.41) is 22.7. The molecule has 0 amide bonds. The molecular weight excluding hydrogens is 328 g/mol. The molecule has 0 aromatic rings. The Kier molecular flexibility index (Phi) is 3.99. The zero-order chi connectivity index (χ0) is 18.9. The Hall–Kier alpha value is -1.13. The van der Waals surface area contributed by atoms with Gasteiger partial charge in [-0.05, 0) is 67.8 Å². The molecule has 3 fully saturated rings. The summed E-state index contributed by atoms with van der Waals surface area (Å²) in [6.45, 7) is 8.35. The van der Waals surface area contributed by atoms with Crippen LogP contribution in [0.1, 0.15) is 58.8 Å². The van der Waals surface area contributed by atoms with Gasteiger partial charge in [-0.3, -0.25) is 4.79 Å². The molecule has 0 aliphatic heterocycles. The van der Waals surface area contributed by atoms with Gasteiger partial charge in [0, 0.05) is 11.8 Å². The number of rotatable bonds is 2. The average Bonchev–Trinajstić information content (AvgIpc) is 2.86. The van der Waals surface area contributed by atoms with Crippen LogP contribution in [0.4, 0.5) is 0 Å². The maximum Gasteiger partial charge on any atom is 0.155 e. The lowest BCUT2D eigenvalue weighted by atomic mass is 9.45. The summed E-state index contributed by atoms with van der Waals surface area (Å²) < 4.78 is 5.37. The molecule has 0 radical (unpaired) electrons. The van der Waals surface area contributed by atoms with E-state index < -0.39 is 17.1 Å². The van der Waals surface area contributed by atoms with E-state index >= 15 is 0 Å². The fraction of sp³-hybridized carbons (Fsp3) is 0.773. The van der Waals surface area contributed by atoms with Crippen LogP contribution >= 0.6 is 0 Å². The molecule has 0 spiro atoms. The first-order valence-electron chi connectivity index (χ1n) is 10.0. The van der Waals surface area contributed by atoms with Gasteiger partial charge in [0.25, 0.3) is 0 Å². The lowest BCUT2D eigenvalue weighted by molar-refractivity contribution is -0.169. The van der Waals surface area contributed by atoms with Gasteiger partial charge in [-0.2, -0.15) is 0 Å². The van der Waals surface area contributed by atoms with E-state index in [4.69, 9.17) is 4.74 Å². The number of aliphatic hydroxyl groups is 2. The van der Waals surface area contributed by atoms with E-state index in [1.165, 1.54) is 5.57 Å². The molecule has 144 valence electrons. The van der Waals surface area contributed by atoms with E-state index in [9.17, 15) is 15.0 Å². The lowest BCUT2D eigenvalue weighted by Crippen LogP contribution is -2.60. The molecule has 4 aliphatic rings. The Balaban J connectivity index is 1.74. The zero-order valence-electron chi connectivity index (χ0n) is 16.3.